The van der Waals surface area contributed by atoms with Gasteiger partial charge in [-0.1, -0.05) is 0 Å². The zero-order valence-electron chi connectivity index (χ0n) is 7.63. The molecule has 1 rings (SSSR count). The lowest BCUT2D eigenvalue weighted by atomic mass is 10.3. The smallest absolute Gasteiger partial charge is 0.305 e. The van der Waals surface area contributed by atoms with Gasteiger partial charge in [-0.05, 0) is 19.9 Å². The summed E-state index contributed by atoms with van der Waals surface area (Å²) in [5, 5.41) is 1.51. The first kappa shape index (κ1) is 11.8. The van der Waals surface area contributed by atoms with Gasteiger partial charge in [-0.25, -0.2) is 8.42 Å². The lowest BCUT2D eigenvalue weighted by Crippen LogP contribution is -2.45. The molecule has 2 unspecified atom stereocenters. The predicted molar refractivity (Wildman–Crippen MR) is 45.7 cm³/mol. The molecule has 1 heterocycles. The zero-order valence-corrected chi connectivity index (χ0v) is 8.45. The van der Waals surface area contributed by atoms with Crippen molar-refractivity contribution < 1.29 is 21.6 Å². The number of hydrogen-bond acceptors (Lipinski definition) is 3. The Morgan fingerprint density at radius 1 is 1.36 bits per heavy atom. The second-order valence-corrected chi connectivity index (χ2v) is 5.94. The molecule has 1 aliphatic heterocycles. The van der Waals surface area contributed by atoms with Crippen LogP contribution in [0, 0.1) is 0 Å². The van der Waals surface area contributed by atoms with Crippen molar-refractivity contribution >= 4 is 9.84 Å². The molecule has 1 saturated heterocycles. The van der Waals surface area contributed by atoms with Crippen LogP contribution in [0.1, 0.15) is 13.3 Å². The number of rotatable bonds is 0. The fourth-order valence-electron chi connectivity index (χ4n) is 1.31. The Bertz CT molecular complexity index is 299. The van der Waals surface area contributed by atoms with Gasteiger partial charge in [-0.3, -0.25) is 0 Å². The van der Waals surface area contributed by atoms with E-state index in [0.717, 1.165) is 0 Å². The first-order valence-electron chi connectivity index (χ1n) is 4.25. The number of sulfone groups is 1. The molecule has 0 radical (unpaired) electrons. The van der Waals surface area contributed by atoms with Gasteiger partial charge in [-0.15, -0.1) is 0 Å². The quantitative estimate of drug-likeness (QED) is 0.668. The summed E-state index contributed by atoms with van der Waals surface area (Å²) in [6.07, 6.45) is -4.26. The van der Waals surface area contributed by atoms with Crippen LogP contribution >= 0.6 is 0 Å². The third kappa shape index (κ3) is 2.60. The van der Waals surface area contributed by atoms with E-state index in [1.807, 2.05) is 0 Å². The van der Waals surface area contributed by atoms with Crippen LogP contribution in [0.15, 0.2) is 0 Å². The molecule has 0 amide bonds. The first-order chi connectivity index (χ1) is 6.23. The Hall–Kier alpha value is -0.300. The van der Waals surface area contributed by atoms with Gasteiger partial charge in [0.2, 0.25) is 0 Å². The van der Waals surface area contributed by atoms with Crippen molar-refractivity contribution in [1.82, 2.24) is 5.32 Å². The maximum absolute atomic E-state index is 12.3. The molecule has 0 spiro atoms. The molecule has 0 aliphatic carbocycles. The fourth-order valence-corrected chi connectivity index (χ4v) is 2.88. The molecule has 2 atom stereocenters. The summed E-state index contributed by atoms with van der Waals surface area (Å²) in [5.41, 5.74) is 0. The Kier molecular flexibility index (Phi) is 3.10. The molecule has 1 N–H and O–H groups in total. The van der Waals surface area contributed by atoms with Crippen LogP contribution in [0.3, 0.4) is 0 Å². The number of hydrogen-bond donors (Lipinski definition) is 1. The average Bonchev–Trinajstić information content (AvgIpc) is 2.11. The summed E-state index contributed by atoms with van der Waals surface area (Å²) in [6.45, 7) is 1.53. The largest absolute Gasteiger partial charge is 0.404 e. The van der Waals surface area contributed by atoms with Gasteiger partial charge < -0.3 is 5.32 Å². The topological polar surface area (TPSA) is 46.2 Å². The summed E-state index contributed by atoms with van der Waals surface area (Å²) in [5.74, 6) is -0.850. The molecule has 1 aliphatic rings. The average molecular weight is 231 g/mol. The van der Waals surface area contributed by atoms with Gasteiger partial charge in [0.05, 0.1) is 11.0 Å². The van der Waals surface area contributed by atoms with Gasteiger partial charge in [0.25, 0.3) is 0 Å². The van der Waals surface area contributed by atoms with E-state index in [4.69, 9.17) is 0 Å². The molecule has 0 bridgehead atoms. The van der Waals surface area contributed by atoms with Gasteiger partial charge in [0, 0.05) is 0 Å². The Morgan fingerprint density at radius 2 is 1.93 bits per heavy atom. The van der Waals surface area contributed by atoms with E-state index < -0.39 is 33.1 Å². The Labute approximate surface area is 80.6 Å². The highest BCUT2D eigenvalue weighted by atomic mass is 32.2. The number of halogens is 3. The van der Waals surface area contributed by atoms with Gasteiger partial charge in [-0.2, -0.15) is 13.2 Å². The zero-order chi connectivity index (χ0) is 11.0. The standard InChI is InChI=1S/C7H12F3NO2S/c1-5-2-3-11-6(7(8,9)10)4-14(5,12)13/h5-6,11H,2-4H2,1H3. The molecule has 0 aromatic carbocycles. The van der Waals surface area contributed by atoms with Crippen LogP contribution in [-0.4, -0.2) is 38.2 Å². The van der Waals surface area contributed by atoms with E-state index in [9.17, 15) is 21.6 Å². The Balaban J connectivity index is 2.86. The van der Waals surface area contributed by atoms with Crippen molar-refractivity contribution in [3.8, 4) is 0 Å². The molecular formula is C7H12F3NO2S. The third-order valence-electron chi connectivity index (χ3n) is 2.35. The summed E-state index contributed by atoms with van der Waals surface area (Å²) in [6, 6.07) is -1.92. The van der Waals surface area contributed by atoms with Crippen molar-refractivity contribution in [3.05, 3.63) is 0 Å². The van der Waals surface area contributed by atoms with Crippen LogP contribution in [-0.2, 0) is 9.84 Å². The highest BCUT2D eigenvalue weighted by molar-refractivity contribution is 7.92. The second kappa shape index (κ2) is 3.69. The maximum Gasteiger partial charge on any atom is 0.404 e. The van der Waals surface area contributed by atoms with Crippen LogP contribution < -0.4 is 5.32 Å². The van der Waals surface area contributed by atoms with E-state index in [1.54, 1.807) is 0 Å². The monoisotopic (exact) mass is 231 g/mol. The molecule has 1 fully saturated rings. The van der Waals surface area contributed by atoms with Gasteiger partial charge >= 0.3 is 6.18 Å². The van der Waals surface area contributed by atoms with E-state index >= 15 is 0 Å². The minimum Gasteiger partial charge on any atom is -0.305 e. The molecule has 14 heavy (non-hydrogen) atoms. The summed E-state index contributed by atoms with van der Waals surface area (Å²) in [7, 11) is -3.61. The van der Waals surface area contributed by atoms with E-state index in [1.165, 1.54) is 6.92 Å². The lowest BCUT2D eigenvalue weighted by Gasteiger charge is -2.18. The van der Waals surface area contributed by atoms with Crippen LogP contribution in [0.4, 0.5) is 13.2 Å². The van der Waals surface area contributed by atoms with Crippen molar-refractivity contribution in [3.63, 3.8) is 0 Å². The highest BCUT2D eigenvalue weighted by Gasteiger charge is 2.44. The molecule has 84 valence electrons. The molecular weight excluding hydrogens is 219 g/mol. The van der Waals surface area contributed by atoms with Crippen molar-refractivity contribution in [2.75, 3.05) is 12.3 Å². The molecule has 3 nitrogen and oxygen atoms in total. The minimum absolute atomic E-state index is 0.0879. The number of alkyl halides is 3. The lowest BCUT2D eigenvalue weighted by molar-refractivity contribution is -0.150. The van der Waals surface area contributed by atoms with Crippen molar-refractivity contribution in [2.24, 2.45) is 0 Å². The van der Waals surface area contributed by atoms with Crippen molar-refractivity contribution in [1.29, 1.82) is 0 Å². The Morgan fingerprint density at radius 3 is 2.43 bits per heavy atom. The van der Waals surface area contributed by atoms with E-state index in [-0.39, 0.29) is 13.0 Å². The van der Waals surface area contributed by atoms with Crippen molar-refractivity contribution in [2.45, 2.75) is 30.8 Å². The van der Waals surface area contributed by atoms with Gasteiger partial charge in [0.15, 0.2) is 9.84 Å². The summed E-state index contributed by atoms with van der Waals surface area (Å²) >= 11 is 0. The normalized spacial score (nSPS) is 33.7. The summed E-state index contributed by atoms with van der Waals surface area (Å²) < 4.78 is 59.4. The molecule has 7 heteroatoms. The second-order valence-electron chi connectivity index (χ2n) is 3.48. The van der Waals surface area contributed by atoms with E-state index in [2.05, 4.69) is 5.32 Å². The third-order valence-corrected chi connectivity index (χ3v) is 4.61. The summed E-state index contributed by atoms with van der Waals surface area (Å²) in [4.78, 5) is 0. The maximum atomic E-state index is 12.3. The van der Waals surface area contributed by atoms with Crippen LogP contribution in [0.25, 0.3) is 0 Å². The van der Waals surface area contributed by atoms with Gasteiger partial charge in [0.1, 0.15) is 6.04 Å². The molecule has 0 aromatic rings. The SMILES string of the molecule is CC1CCNC(C(F)(F)F)CS1(=O)=O. The number of nitrogens with one attached hydrogen (secondary N) is 1. The minimum atomic E-state index is -4.49. The first-order valence-corrected chi connectivity index (χ1v) is 5.96. The molecule has 0 aromatic heterocycles. The predicted octanol–water partition coefficient (Wildman–Crippen LogP) is 0.714. The molecule has 0 saturated carbocycles. The fraction of sp³-hybridized carbons (Fsp3) is 1.00. The highest BCUT2D eigenvalue weighted by Crippen LogP contribution is 2.24. The van der Waals surface area contributed by atoms with Crippen LogP contribution in [0.5, 0.6) is 0 Å². The van der Waals surface area contributed by atoms with Crippen LogP contribution in [0.2, 0.25) is 0 Å². The van der Waals surface area contributed by atoms with E-state index in [0.29, 0.717) is 0 Å².